The maximum Gasteiger partial charge on any atom is 0.315 e. The molecular weight excluding hydrogens is 156 g/mol. The van der Waals surface area contributed by atoms with E-state index in [0.29, 0.717) is 5.75 Å². The zero-order valence-electron chi connectivity index (χ0n) is 6.43. The van der Waals surface area contributed by atoms with Crippen LogP contribution in [-0.4, -0.2) is 15.9 Å². The molecule has 0 aliphatic heterocycles. The second-order valence-corrected chi connectivity index (χ2v) is 2.04. The number of ether oxygens (including phenoxy) is 1. The molecule has 62 valence electrons. The van der Waals surface area contributed by atoms with Crippen molar-refractivity contribution in [2.75, 3.05) is 0 Å². The first-order valence-electron chi connectivity index (χ1n) is 3.39. The topological polar surface area (TPSA) is 52.1 Å². The molecule has 4 nitrogen and oxygen atoms in total. The zero-order chi connectivity index (χ0) is 8.81. The highest BCUT2D eigenvalue weighted by Crippen LogP contribution is 2.04. The molecule has 1 heterocycles. The Balaban J connectivity index is 2.52. The molecule has 0 bridgehead atoms. The summed E-state index contributed by atoms with van der Waals surface area (Å²) in [5, 5.41) is 0. The van der Waals surface area contributed by atoms with Gasteiger partial charge in [-0.3, -0.25) is 4.79 Å². The normalized spacial score (nSPS) is 9.00. The van der Waals surface area contributed by atoms with Crippen molar-refractivity contribution in [2.45, 2.75) is 6.42 Å². The molecular formula is C8H8N2O2. The van der Waals surface area contributed by atoms with E-state index in [0.717, 1.165) is 0 Å². The molecule has 1 aromatic heterocycles. The van der Waals surface area contributed by atoms with Gasteiger partial charge in [-0.1, -0.05) is 6.08 Å². The number of nitrogens with zero attached hydrogens (tertiary/aromatic N) is 2. The molecule has 0 amide bonds. The molecule has 0 spiro atoms. The molecule has 0 atom stereocenters. The molecule has 0 saturated heterocycles. The Morgan fingerprint density at radius 3 is 2.83 bits per heavy atom. The van der Waals surface area contributed by atoms with Crippen LogP contribution in [0.1, 0.15) is 6.42 Å². The lowest BCUT2D eigenvalue weighted by Crippen LogP contribution is -2.06. The quantitative estimate of drug-likeness (QED) is 0.493. The minimum Gasteiger partial charge on any atom is -0.423 e. The third-order valence-electron chi connectivity index (χ3n) is 1.08. The van der Waals surface area contributed by atoms with E-state index < -0.39 is 0 Å². The van der Waals surface area contributed by atoms with Crippen LogP contribution in [-0.2, 0) is 4.79 Å². The Morgan fingerprint density at radius 2 is 2.25 bits per heavy atom. The Morgan fingerprint density at radius 1 is 1.58 bits per heavy atom. The molecule has 0 aliphatic carbocycles. The molecule has 0 aromatic carbocycles. The highest BCUT2D eigenvalue weighted by Gasteiger charge is 2.00. The van der Waals surface area contributed by atoms with Gasteiger partial charge in [-0.15, -0.1) is 6.58 Å². The fourth-order valence-electron chi connectivity index (χ4n) is 0.629. The number of aromatic nitrogens is 2. The van der Waals surface area contributed by atoms with E-state index in [9.17, 15) is 4.79 Å². The van der Waals surface area contributed by atoms with Crippen LogP contribution >= 0.6 is 0 Å². The van der Waals surface area contributed by atoms with Gasteiger partial charge in [0.15, 0.2) is 5.75 Å². The largest absolute Gasteiger partial charge is 0.423 e. The summed E-state index contributed by atoms with van der Waals surface area (Å²) in [6.07, 6.45) is 5.88. The van der Waals surface area contributed by atoms with Crippen molar-refractivity contribution < 1.29 is 9.53 Å². The third-order valence-corrected chi connectivity index (χ3v) is 1.08. The predicted octanol–water partition coefficient (Wildman–Crippen LogP) is 0.958. The van der Waals surface area contributed by atoms with Gasteiger partial charge in [0.25, 0.3) is 0 Å². The molecule has 0 radical (unpaired) electrons. The summed E-state index contributed by atoms with van der Waals surface area (Å²) in [6, 6.07) is 0. The first-order valence-corrected chi connectivity index (χ1v) is 3.39. The molecule has 0 fully saturated rings. The Bertz CT molecular complexity index is 272. The van der Waals surface area contributed by atoms with Gasteiger partial charge in [0.1, 0.15) is 6.33 Å². The van der Waals surface area contributed by atoms with Gasteiger partial charge in [-0.2, -0.15) is 0 Å². The number of hydrogen-bond donors (Lipinski definition) is 0. The number of carbonyl (C=O) groups is 1. The Labute approximate surface area is 69.9 Å². The van der Waals surface area contributed by atoms with Crippen LogP contribution in [0.25, 0.3) is 0 Å². The van der Waals surface area contributed by atoms with Crippen LogP contribution in [0.3, 0.4) is 0 Å². The maximum absolute atomic E-state index is 10.9. The van der Waals surface area contributed by atoms with Crippen molar-refractivity contribution in [3.05, 3.63) is 31.4 Å². The second kappa shape index (κ2) is 4.23. The zero-order valence-corrected chi connectivity index (χ0v) is 6.43. The molecule has 0 aliphatic rings. The fraction of sp³-hybridized carbons (Fsp3) is 0.125. The van der Waals surface area contributed by atoms with Crippen molar-refractivity contribution >= 4 is 5.97 Å². The number of rotatable bonds is 3. The van der Waals surface area contributed by atoms with Gasteiger partial charge in [0.2, 0.25) is 0 Å². The first kappa shape index (κ1) is 8.39. The van der Waals surface area contributed by atoms with E-state index in [4.69, 9.17) is 4.74 Å². The summed E-state index contributed by atoms with van der Waals surface area (Å²) in [5.74, 6) is -0.0100. The molecule has 0 saturated carbocycles. The van der Waals surface area contributed by atoms with Crippen LogP contribution in [0.15, 0.2) is 31.4 Å². The molecule has 0 N–H and O–H groups in total. The van der Waals surface area contributed by atoms with Crippen molar-refractivity contribution in [1.29, 1.82) is 0 Å². The van der Waals surface area contributed by atoms with E-state index in [-0.39, 0.29) is 12.4 Å². The lowest BCUT2D eigenvalue weighted by atomic mass is 10.4. The van der Waals surface area contributed by atoms with Gasteiger partial charge in [0, 0.05) is 0 Å². The molecule has 1 rings (SSSR count). The van der Waals surface area contributed by atoms with Gasteiger partial charge in [-0.25, -0.2) is 9.97 Å². The summed E-state index contributed by atoms with van der Waals surface area (Å²) >= 11 is 0. The summed E-state index contributed by atoms with van der Waals surface area (Å²) in [5.41, 5.74) is 0. The van der Waals surface area contributed by atoms with E-state index in [1.807, 2.05) is 0 Å². The standard InChI is InChI=1S/C8H8N2O2/c1-2-3-8(11)12-7-4-9-6-10-5-7/h2,4-6H,1,3H2. The van der Waals surface area contributed by atoms with Crippen molar-refractivity contribution in [3.63, 3.8) is 0 Å². The number of carbonyl (C=O) groups excluding carboxylic acids is 1. The summed E-state index contributed by atoms with van der Waals surface area (Å²) in [4.78, 5) is 18.2. The number of esters is 1. The highest BCUT2D eigenvalue weighted by molar-refractivity contribution is 5.73. The summed E-state index contributed by atoms with van der Waals surface area (Å²) in [7, 11) is 0. The molecule has 1 aromatic rings. The number of hydrogen-bond acceptors (Lipinski definition) is 4. The minimum absolute atomic E-state index is 0.189. The summed E-state index contributed by atoms with van der Waals surface area (Å²) in [6.45, 7) is 3.41. The lowest BCUT2D eigenvalue weighted by molar-refractivity contribution is -0.133. The summed E-state index contributed by atoms with van der Waals surface area (Å²) < 4.78 is 4.82. The average molecular weight is 164 g/mol. The Kier molecular flexibility index (Phi) is 2.95. The maximum atomic E-state index is 10.9. The molecule has 4 heteroatoms. The van der Waals surface area contributed by atoms with Crippen LogP contribution in [0, 0.1) is 0 Å². The van der Waals surface area contributed by atoms with Crippen molar-refractivity contribution in [1.82, 2.24) is 9.97 Å². The second-order valence-electron chi connectivity index (χ2n) is 2.04. The van der Waals surface area contributed by atoms with Crippen LogP contribution in [0.4, 0.5) is 0 Å². The van der Waals surface area contributed by atoms with Crippen molar-refractivity contribution in [2.24, 2.45) is 0 Å². The fourth-order valence-corrected chi connectivity index (χ4v) is 0.629. The third kappa shape index (κ3) is 2.49. The first-order chi connectivity index (χ1) is 5.83. The smallest absolute Gasteiger partial charge is 0.315 e. The lowest BCUT2D eigenvalue weighted by Gasteiger charge is -1.99. The van der Waals surface area contributed by atoms with Gasteiger partial charge in [-0.05, 0) is 0 Å². The molecule has 12 heavy (non-hydrogen) atoms. The van der Waals surface area contributed by atoms with Crippen LogP contribution < -0.4 is 4.74 Å². The van der Waals surface area contributed by atoms with Gasteiger partial charge in [0.05, 0.1) is 18.8 Å². The average Bonchev–Trinajstić information content (AvgIpc) is 2.06. The minimum atomic E-state index is -0.361. The van der Waals surface area contributed by atoms with Crippen LogP contribution in [0.5, 0.6) is 5.75 Å². The van der Waals surface area contributed by atoms with Gasteiger partial charge < -0.3 is 4.74 Å². The monoisotopic (exact) mass is 164 g/mol. The van der Waals surface area contributed by atoms with E-state index in [2.05, 4.69) is 16.5 Å². The Hall–Kier alpha value is -1.71. The van der Waals surface area contributed by atoms with E-state index in [1.54, 1.807) is 0 Å². The van der Waals surface area contributed by atoms with Gasteiger partial charge >= 0.3 is 5.97 Å². The van der Waals surface area contributed by atoms with Crippen molar-refractivity contribution in [3.8, 4) is 5.75 Å². The highest BCUT2D eigenvalue weighted by atomic mass is 16.5. The molecule has 0 unspecified atom stereocenters. The van der Waals surface area contributed by atoms with E-state index in [1.165, 1.54) is 24.8 Å². The predicted molar refractivity (Wildman–Crippen MR) is 42.5 cm³/mol. The van der Waals surface area contributed by atoms with Crippen LogP contribution in [0.2, 0.25) is 0 Å². The van der Waals surface area contributed by atoms with E-state index >= 15 is 0 Å². The SMILES string of the molecule is C=CCC(=O)Oc1cncnc1.